The summed E-state index contributed by atoms with van der Waals surface area (Å²) >= 11 is 0. The zero-order chi connectivity index (χ0) is 26.5. The third kappa shape index (κ3) is 5.58. The number of carbonyl (C=O) groups is 2. The molecule has 0 radical (unpaired) electrons. The number of hydrogen-bond acceptors (Lipinski definition) is 6. The van der Waals surface area contributed by atoms with E-state index in [0.717, 1.165) is 6.42 Å². The predicted molar refractivity (Wildman–Crippen MR) is 140 cm³/mol. The zero-order valence-electron chi connectivity index (χ0n) is 21.1. The first-order valence-electron chi connectivity index (χ1n) is 11.8. The fourth-order valence-corrected chi connectivity index (χ4v) is 3.64. The van der Waals surface area contributed by atoms with Crippen LogP contribution in [0.15, 0.2) is 71.8 Å². The molecule has 4 rings (SSSR count). The lowest BCUT2D eigenvalue weighted by atomic mass is 10.1. The quantitative estimate of drug-likeness (QED) is 0.372. The Kier molecular flexibility index (Phi) is 7.47. The number of pyridine rings is 2. The van der Waals surface area contributed by atoms with Gasteiger partial charge in [0.25, 0.3) is 11.5 Å². The summed E-state index contributed by atoms with van der Waals surface area (Å²) in [4.78, 5) is 46.5. The van der Waals surface area contributed by atoms with Crippen molar-refractivity contribution < 1.29 is 14.3 Å². The van der Waals surface area contributed by atoms with Crippen molar-refractivity contribution in [2.45, 2.75) is 27.2 Å². The van der Waals surface area contributed by atoms with E-state index in [9.17, 15) is 14.4 Å². The second kappa shape index (κ2) is 10.9. The van der Waals surface area contributed by atoms with Gasteiger partial charge < -0.3 is 15.4 Å². The monoisotopic (exact) mass is 500 g/mol. The predicted octanol–water partition coefficient (Wildman–Crippen LogP) is 4.30. The molecule has 4 aromatic rings. The van der Waals surface area contributed by atoms with Gasteiger partial charge in [0.1, 0.15) is 28.7 Å². The van der Waals surface area contributed by atoms with Crippen LogP contribution in [0.25, 0.3) is 5.69 Å². The lowest BCUT2D eigenvalue weighted by molar-refractivity contribution is -0.119. The Hall–Kier alpha value is -4.73. The highest BCUT2D eigenvalue weighted by Crippen LogP contribution is 2.23. The van der Waals surface area contributed by atoms with Crippen LogP contribution in [0, 0.1) is 12.8 Å². The van der Waals surface area contributed by atoms with Crippen molar-refractivity contribution in [2.75, 3.05) is 10.6 Å². The SMILES string of the molecule is CCC(C)C(=O)Nc1cc(Oc2ccc(NC(=O)c3c(C)n(C)n(-c4ccccc4)c3=O)nc2)ccn1. The van der Waals surface area contributed by atoms with E-state index in [-0.39, 0.29) is 23.2 Å². The second-order valence-electron chi connectivity index (χ2n) is 8.55. The first-order chi connectivity index (χ1) is 17.8. The minimum absolute atomic E-state index is 0.0391. The smallest absolute Gasteiger partial charge is 0.284 e. The molecule has 1 aromatic carbocycles. The Bertz CT molecular complexity index is 1480. The molecule has 0 bridgehead atoms. The largest absolute Gasteiger partial charge is 0.456 e. The van der Waals surface area contributed by atoms with Gasteiger partial charge in [0.2, 0.25) is 5.91 Å². The summed E-state index contributed by atoms with van der Waals surface area (Å²) in [6.45, 7) is 5.51. The number of ether oxygens (including phenoxy) is 1. The van der Waals surface area contributed by atoms with Crippen LogP contribution in [0.2, 0.25) is 0 Å². The molecule has 2 N–H and O–H groups in total. The number of benzene rings is 1. The number of carbonyl (C=O) groups excluding carboxylic acids is 2. The number of rotatable bonds is 8. The average molecular weight is 501 g/mol. The van der Waals surface area contributed by atoms with Crippen LogP contribution in [0.3, 0.4) is 0 Å². The molecule has 0 aliphatic heterocycles. The van der Waals surface area contributed by atoms with Gasteiger partial charge >= 0.3 is 0 Å². The van der Waals surface area contributed by atoms with E-state index >= 15 is 0 Å². The molecule has 1 atom stereocenters. The van der Waals surface area contributed by atoms with Gasteiger partial charge in [-0.2, -0.15) is 0 Å². The lowest BCUT2D eigenvalue weighted by Gasteiger charge is -2.11. The van der Waals surface area contributed by atoms with Crippen LogP contribution in [-0.2, 0) is 11.8 Å². The van der Waals surface area contributed by atoms with Crippen LogP contribution >= 0.6 is 0 Å². The molecule has 0 aliphatic carbocycles. The van der Waals surface area contributed by atoms with Crippen molar-refractivity contribution in [1.29, 1.82) is 0 Å². The molecule has 0 fully saturated rings. The maximum atomic E-state index is 13.1. The molecule has 0 saturated carbocycles. The van der Waals surface area contributed by atoms with E-state index in [4.69, 9.17) is 4.74 Å². The molecule has 37 heavy (non-hydrogen) atoms. The topological polar surface area (TPSA) is 120 Å². The molecule has 10 heteroatoms. The van der Waals surface area contributed by atoms with E-state index in [1.807, 2.05) is 32.0 Å². The highest BCUT2D eigenvalue weighted by Gasteiger charge is 2.22. The van der Waals surface area contributed by atoms with Crippen molar-refractivity contribution in [2.24, 2.45) is 13.0 Å². The van der Waals surface area contributed by atoms with Crippen LogP contribution in [-0.4, -0.2) is 31.1 Å². The normalized spacial score (nSPS) is 11.6. The van der Waals surface area contributed by atoms with Crippen LogP contribution in [0.5, 0.6) is 11.5 Å². The number of hydrogen-bond donors (Lipinski definition) is 2. The maximum Gasteiger partial charge on any atom is 0.284 e. The Morgan fingerprint density at radius 1 is 1.00 bits per heavy atom. The Morgan fingerprint density at radius 3 is 2.43 bits per heavy atom. The molecule has 0 spiro atoms. The zero-order valence-corrected chi connectivity index (χ0v) is 21.1. The minimum atomic E-state index is -0.551. The molecule has 10 nitrogen and oxygen atoms in total. The Balaban J connectivity index is 1.46. The van der Waals surface area contributed by atoms with Crippen molar-refractivity contribution in [3.8, 4) is 17.2 Å². The van der Waals surface area contributed by atoms with Gasteiger partial charge in [0.05, 0.1) is 17.6 Å². The van der Waals surface area contributed by atoms with Crippen molar-refractivity contribution in [3.05, 3.63) is 88.6 Å². The lowest BCUT2D eigenvalue weighted by Crippen LogP contribution is -2.25. The number of nitrogens with zero attached hydrogens (tertiary/aromatic N) is 4. The fourth-order valence-electron chi connectivity index (χ4n) is 3.64. The third-order valence-electron chi connectivity index (χ3n) is 6.04. The number of aromatic nitrogens is 4. The summed E-state index contributed by atoms with van der Waals surface area (Å²) < 4.78 is 8.91. The highest BCUT2D eigenvalue weighted by atomic mass is 16.5. The summed E-state index contributed by atoms with van der Waals surface area (Å²) in [5.74, 6) is 0.753. The summed E-state index contributed by atoms with van der Waals surface area (Å²) in [6.07, 6.45) is 3.71. The fraction of sp³-hybridized carbons (Fsp3) is 0.222. The van der Waals surface area contributed by atoms with E-state index in [1.165, 1.54) is 17.1 Å². The number of anilines is 2. The Labute approximate surface area is 213 Å². The average Bonchev–Trinajstić information content (AvgIpc) is 3.12. The summed E-state index contributed by atoms with van der Waals surface area (Å²) in [5.41, 5.74) is 0.811. The van der Waals surface area contributed by atoms with Crippen molar-refractivity contribution >= 4 is 23.5 Å². The van der Waals surface area contributed by atoms with Gasteiger partial charge in [-0.15, -0.1) is 0 Å². The van der Waals surface area contributed by atoms with E-state index in [2.05, 4.69) is 20.6 Å². The first-order valence-corrected chi connectivity index (χ1v) is 11.8. The maximum absolute atomic E-state index is 13.1. The van der Waals surface area contributed by atoms with Crippen molar-refractivity contribution in [3.63, 3.8) is 0 Å². The van der Waals surface area contributed by atoms with Crippen LogP contribution in [0.4, 0.5) is 11.6 Å². The van der Waals surface area contributed by atoms with Gasteiger partial charge in [-0.1, -0.05) is 32.0 Å². The summed E-state index contributed by atoms with van der Waals surface area (Å²) in [6, 6.07) is 15.6. The first kappa shape index (κ1) is 25.4. The third-order valence-corrected chi connectivity index (χ3v) is 6.04. The van der Waals surface area contributed by atoms with Gasteiger partial charge in [-0.25, -0.2) is 14.6 Å². The molecule has 3 heterocycles. The molecule has 0 saturated heterocycles. The standard InChI is InChI=1S/C27H28N6O4/c1-5-17(2)25(34)31-23-15-20(13-14-28-23)37-21-11-12-22(29-16-21)30-26(35)24-18(3)32(4)33(27(24)36)19-9-7-6-8-10-19/h6-17H,5H2,1-4H3,(H,28,31,34)(H,29,30,35). The molecular formula is C27H28N6O4. The van der Waals surface area contributed by atoms with E-state index in [0.29, 0.717) is 28.7 Å². The van der Waals surface area contributed by atoms with Crippen LogP contribution in [0.1, 0.15) is 36.3 Å². The molecule has 1 unspecified atom stereocenters. The van der Waals surface area contributed by atoms with Crippen LogP contribution < -0.4 is 20.9 Å². The van der Waals surface area contributed by atoms with Gasteiger partial charge in [-0.3, -0.25) is 19.1 Å². The van der Waals surface area contributed by atoms with E-state index < -0.39 is 11.5 Å². The molecule has 190 valence electrons. The molecule has 3 aromatic heterocycles. The highest BCUT2D eigenvalue weighted by molar-refractivity contribution is 6.04. The van der Waals surface area contributed by atoms with Crippen molar-refractivity contribution in [1.82, 2.24) is 19.3 Å². The molecule has 0 aliphatic rings. The van der Waals surface area contributed by atoms with E-state index in [1.54, 1.807) is 55.1 Å². The summed E-state index contributed by atoms with van der Waals surface area (Å²) in [5, 5.41) is 5.45. The minimum Gasteiger partial charge on any atom is -0.456 e. The number of amides is 2. The molecule has 2 amide bonds. The number of nitrogens with one attached hydrogen (secondary N) is 2. The van der Waals surface area contributed by atoms with Gasteiger partial charge in [0, 0.05) is 25.2 Å². The number of para-hydroxylation sites is 1. The van der Waals surface area contributed by atoms with Gasteiger partial charge in [-0.05, 0) is 43.7 Å². The second-order valence-corrected chi connectivity index (χ2v) is 8.55. The summed E-state index contributed by atoms with van der Waals surface area (Å²) in [7, 11) is 1.73. The Morgan fingerprint density at radius 2 is 1.76 bits per heavy atom. The van der Waals surface area contributed by atoms with Gasteiger partial charge in [0.15, 0.2) is 0 Å². The molecular weight excluding hydrogens is 472 g/mol.